The van der Waals surface area contributed by atoms with Gasteiger partial charge in [0.25, 0.3) is 5.91 Å². The summed E-state index contributed by atoms with van der Waals surface area (Å²) in [5.41, 5.74) is 0.422. The minimum Gasteiger partial charge on any atom is -0.497 e. The van der Waals surface area contributed by atoms with Crippen molar-refractivity contribution in [3.63, 3.8) is 0 Å². The zero-order valence-corrected chi connectivity index (χ0v) is 17.7. The fourth-order valence-corrected chi connectivity index (χ4v) is 4.21. The van der Waals surface area contributed by atoms with E-state index >= 15 is 0 Å². The lowest BCUT2D eigenvalue weighted by Crippen LogP contribution is -2.41. The summed E-state index contributed by atoms with van der Waals surface area (Å²) in [6.07, 6.45) is 7.37. The van der Waals surface area contributed by atoms with Gasteiger partial charge in [-0.2, -0.15) is 0 Å². The Bertz CT molecular complexity index is 819. The average molecular weight is 418 g/mol. The van der Waals surface area contributed by atoms with Gasteiger partial charge in [-0.3, -0.25) is 9.59 Å². The highest BCUT2D eigenvalue weighted by molar-refractivity contribution is 7.13. The number of ether oxygens (including phenoxy) is 2. The van der Waals surface area contributed by atoms with Crippen LogP contribution >= 0.6 is 11.3 Å². The number of amides is 2. The van der Waals surface area contributed by atoms with Gasteiger partial charge in [-0.1, -0.05) is 19.3 Å². The van der Waals surface area contributed by atoms with Gasteiger partial charge < -0.3 is 19.7 Å². The van der Waals surface area contributed by atoms with Gasteiger partial charge in [0.15, 0.2) is 5.13 Å². The summed E-state index contributed by atoms with van der Waals surface area (Å²) in [6, 6.07) is 5.10. The van der Waals surface area contributed by atoms with Crippen LogP contribution in [0.15, 0.2) is 29.8 Å². The summed E-state index contributed by atoms with van der Waals surface area (Å²) in [7, 11) is 3.08. The maximum atomic E-state index is 13.3. The van der Waals surface area contributed by atoms with Crippen LogP contribution in [-0.4, -0.2) is 49.0 Å². The van der Waals surface area contributed by atoms with Crippen LogP contribution in [0.1, 0.15) is 42.5 Å². The summed E-state index contributed by atoms with van der Waals surface area (Å²) in [5.74, 6) is 0.979. The standard InChI is InChI=1S/C21H27N3O4S/c1-27-16-8-9-17(18(12-16)28-2)20(26)24(13-15-6-4-3-5-7-15)14-19(25)23-21-22-10-11-29-21/h8-12,15H,3-7,13-14H2,1-2H3,(H,22,23,25). The van der Waals surface area contributed by atoms with E-state index in [0.717, 1.165) is 12.8 Å². The molecule has 1 aromatic heterocycles. The molecule has 0 aliphatic heterocycles. The lowest BCUT2D eigenvalue weighted by atomic mass is 9.89. The Balaban J connectivity index is 1.79. The highest BCUT2D eigenvalue weighted by Crippen LogP contribution is 2.28. The number of thiazole rings is 1. The monoisotopic (exact) mass is 417 g/mol. The third kappa shape index (κ3) is 5.69. The first-order chi connectivity index (χ1) is 14.1. The lowest BCUT2D eigenvalue weighted by molar-refractivity contribution is -0.117. The van der Waals surface area contributed by atoms with Crippen molar-refractivity contribution in [3.05, 3.63) is 35.3 Å². The number of benzene rings is 1. The van der Waals surface area contributed by atoms with E-state index in [1.165, 1.54) is 37.7 Å². The number of anilines is 1. The molecule has 1 fully saturated rings. The molecule has 0 spiro atoms. The molecule has 2 amide bonds. The summed E-state index contributed by atoms with van der Waals surface area (Å²) in [4.78, 5) is 31.6. The van der Waals surface area contributed by atoms with Crippen molar-refractivity contribution in [2.24, 2.45) is 5.92 Å². The molecule has 1 aromatic carbocycles. The molecule has 29 heavy (non-hydrogen) atoms. The molecule has 1 heterocycles. The van der Waals surface area contributed by atoms with Gasteiger partial charge >= 0.3 is 0 Å². The Morgan fingerprint density at radius 3 is 2.66 bits per heavy atom. The number of nitrogens with one attached hydrogen (secondary N) is 1. The van der Waals surface area contributed by atoms with Crippen LogP contribution in [0.2, 0.25) is 0 Å². The quantitative estimate of drug-likeness (QED) is 0.706. The Morgan fingerprint density at radius 2 is 2.00 bits per heavy atom. The van der Waals surface area contributed by atoms with Gasteiger partial charge in [0.1, 0.15) is 18.0 Å². The van der Waals surface area contributed by atoms with Gasteiger partial charge in [0.05, 0.1) is 19.8 Å². The maximum Gasteiger partial charge on any atom is 0.258 e. The predicted molar refractivity (Wildman–Crippen MR) is 113 cm³/mol. The molecule has 0 unspecified atom stereocenters. The first-order valence-electron chi connectivity index (χ1n) is 9.81. The number of hydrogen-bond acceptors (Lipinski definition) is 6. The predicted octanol–water partition coefficient (Wildman–Crippen LogP) is 3.82. The van der Waals surface area contributed by atoms with Gasteiger partial charge in [0, 0.05) is 24.2 Å². The van der Waals surface area contributed by atoms with Gasteiger partial charge in [-0.15, -0.1) is 11.3 Å². The zero-order chi connectivity index (χ0) is 20.6. The molecule has 156 valence electrons. The number of carbonyl (C=O) groups excluding carboxylic acids is 2. The minimum absolute atomic E-state index is 0.0237. The molecule has 1 aliphatic rings. The normalized spacial score (nSPS) is 14.3. The second-order valence-electron chi connectivity index (χ2n) is 7.14. The van der Waals surface area contributed by atoms with Crippen molar-refractivity contribution in [2.45, 2.75) is 32.1 Å². The van der Waals surface area contributed by atoms with Crippen molar-refractivity contribution < 1.29 is 19.1 Å². The number of rotatable bonds is 8. The summed E-state index contributed by atoms with van der Waals surface area (Å²) in [5, 5.41) is 5.09. The molecular formula is C21H27N3O4S. The van der Waals surface area contributed by atoms with Crippen LogP contribution in [0.4, 0.5) is 5.13 Å². The maximum absolute atomic E-state index is 13.3. The van der Waals surface area contributed by atoms with Gasteiger partial charge in [-0.25, -0.2) is 4.98 Å². The van der Waals surface area contributed by atoms with Crippen molar-refractivity contribution in [1.29, 1.82) is 0 Å². The number of carbonyl (C=O) groups is 2. The van der Waals surface area contributed by atoms with Crippen molar-refractivity contribution >= 4 is 28.3 Å². The number of hydrogen-bond donors (Lipinski definition) is 1. The van der Waals surface area contributed by atoms with Crippen molar-refractivity contribution in [3.8, 4) is 11.5 Å². The molecule has 1 aliphatic carbocycles. The molecule has 1 saturated carbocycles. The molecule has 0 saturated heterocycles. The highest BCUT2D eigenvalue weighted by Gasteiger charge is 2.26. The zero-order valence-electron chi connectivity index (χ0n) is 16.8. The van der Waals surface area contributed by atoms with Crippen LogP contribution in [0.5, 0.6) is 11.5 Å². The number of aromatic nitrogens is 1. The first-order valence-corrected chi connectivity index (χ1v) is 10.7. The Kier molecular flexibility index (Phi) is 7.46. The molecule has 0 radical (unpaired) electrons. The molecule has 7 nitrogen and oxygen atoms in total. The molecule has 0 atom stereocenters. The van der Waals surface area contributed by atoms with Crippen molar-refractivity contribution in [2.75, 3.05) is 32.6 Å². The summed E-state index contributed by atoms with van der Waals surface area (Å²) < 4.78 is 10.6. The Hall–Kier alpha value is -2.61. The number of methoxy groups -OCH3 is 2. The molecule has 1 N–H and O–H groups in total. The molecular weight excluding hydrogens is 390 g/mol. The smallest absolute Gasteiger partial charge is 0.258 e. The fraction of sp³-hybridized carbons (Fsp3) is 0.476. The summed E-state index contributed by atoms with van der Waals surface area (Å²) in [6.45, 7) is 0.531. The van der Waals surface area contributed by atoms with E-state index in [1.54, 1.807) is 41.8 Å². The van der Waals surface area contributed by atoms with E-state index in [2.05, 4.69) is 10.3 Å². The third-order valence-electron chi connectivity index (χ3n) is 5.14. The minimum atomic E-state index is -0.253. The van der Waals surface area contributed by atoms with E-state index in [9.17, 15) is 9.59 Å². The molecule has 0 bridgehead atoms. The van der Waals surface area contributed by atoms with Crippen LogP contribution in [0.3, 0.4) is 0 Å². The molecule has 2 aromatic rings. The Morgan fingerprint density at radius 1 is 1.21 bits per heavy atom. The van der Waals surface area contributed by atoms with E-state index in [0.29, 0.717) is 34.7 Å². The van der Waals surface area contributed by atoms with Gasteiger partial charge in [0.2, 0.25) is 5.91 Å². The van der Waals surface area contributed by atoms with E-state index in [-0.39, 0.29) is 18.4 Å². The van der Waals surface area contributed by atoms with Crippen molar-refractivity contribution in [1.82, 2.24) is 9.88 Å². The average Bonchev–Trinajstić information content (AvgIpc) is 3.25. The van der Waals surface area contributed by atoms with Crippen LogP contribution < -0.4 is 14.8 Å². The SMILES string of the molecule is COc1ccc(C(=O)N(CC(=O)Nc2nccs2)CC2CCCCC2)c(OC)c1. The second-order valence-corrected chi connectivity index (χ2v) is 8.04. The second kappa shape index (κ2) is 10.2. The molecule has 3 rings (SSSR count). The topological polar surface area (TPSA) is 80.8 Å². The van der Waals surface area contributed by atoms with Crippen LogP contribution in [-0.2, 0) is 4.79 Å². The summed E-state index contributed by atoms with van der Waals surface area (Å²) >= 11 is 1.35. The Labute approximate surface area is 175 Å². The molecule has 8 heteroatoms. The largest absolute Gasteiger partial charge is 0.497 e. The van der Waals surface area contributed by atoms with Gasteiger partial charge in [-0.05, 0) is 30.9 Å². The first kappa shape index (κ1) is 21.1. The van der Waals surface area contributed by atoms with Crippen LogP contribution in [0, 0.1) is 5.92 Å². The fourth-order valence-electron chi connectivity index (χ4n) is 3.66. The van der Waals surface area contributed by atoms with Crippen LogP contribution in [0.25, 0.3) is 0 Å². The van der Waals surface area contributed by atoms with E-state index < -0.39 is 0 Å². The third-order valence-corrected chi connectivity index (χ3v) is 5.83. The highest BCUT2D eigenvalue weighted by atomic mass is 32.1. The van der Waals surface area contributed by atoms with E-state index in [1.807, 2.05) is 0 Å². The van der Waals surface area contributed by atoms with E-state index in [4.69, 9.17) is 9.47 Å². The lowest BCUT2D eigenvalue weighted by Gasteiger charge is -2.30. The number of nitrogens with zero attached hydrogens (tertiary/aromatic N) is 2.